The summed E-state index contributed by atoms with van der Waals surface area (Å²) in [5, 5.41) is 13.5. The number of hydrogen-bond donors (Lipinski definition) is 2. The number of aryl methyl sites for hydroxylation is 1. The monoisotopic (exact) mass is 179 g/mol. The second-order valence-electron chi connectivity index (χ2n) is 2.76. The van der Waals surface area contributed by atoms with Gasteiger partial charge in [0.15, 0.2) is 0 Å². The molecule has 1 aromatic rings. The Morgan fingerprint density at radius 1 is 1.77 bits per heavy atom. The molecule has 1 rings (SSSR count). The van der Waals surface area contributed by atoms with Crippen molar-refractivity contribution >= 4 is 5.82 Å². The van der Waals surface area contributed by atoms with Crippen LogP contribution in [-0.2, 0) is 7.05 Å². The van der Waals surface area contributed by atoms with E-state index in [-0.39, 0.29) is 0 Å². The van der Waals surface area contributed by atoms with Gasteiger partial charge >= 0.3 is 0 Å². The Labute approximate surface area is 77.4 Å². The lowest BCUT2D eigenvalue weighted by atomic mass is 10.1. The Hall–Kier alpha value is -1.47. The van der Waals surface area contributed by atoms with Crippen molar-refractivity contribution in [1.29, 1.82) is 0 Å². The van der Waals surface area contributed by atoms with E-state index in [0.717, 1.165) is 0 Å². The van der Waals surface area contributed by atoms with Gasteiger partial charge in [-0.1, -0.05) is 0 Å². The molecule has 0 spiro atoms. The SMILES string of the molecule is CC#CCC(O)c1cnn(C)c1N. The molecule has 0 aliphatic heterocycles. The van der Waals surface area contributed by atoms with Gasteiger partial charge in [0.25, 0.3) is 0 Å². The van der Waals surface area contributed by atoms with Gasteiger partial charge in [-0.05, 0) is 6.92 Å². The summed E-state index contributed by atoms with van der Waals surface area (Å²) < 4.78 is 1.53. The minimum absolute atomic E-state index is 0.395. The number of rotatable bonds is 2. The Morgan fingerprint density at radius 2 is 2.46 bits per heavy atom. The zero-order valence-corrected chi connectivity index (χ0v) is 7.78. The lowest BCUT2D eigenvalue weighted by Gasteiger charge is -2.05. The quantitative estimate of drug-likeness (QED) is 0.648. The van der Waals surface area contributed by atoms with E-state index in [1.807, 2.05) is 0 Å². The van der Waals surface area contributed by atoms with Crippen LogP contribution in [-0.4, -0.2) is 14.9 Å². The average Bonchev–Trinajstić information content (AvgIpc) is 2.44. The molecule has 0 aromatic carbocycles. The maximum Gasteiger partial charge on any atom is 0.127 e. The summed E-state index contributed by atoms with van der Waals surface area (Å²) in [5.41, 5.74) is 6.31. The zero-order valence-electron chi connectivity index (χ0n) is 7.78. The van der Waals surface area contributed by atoms with Crippen LogP contribution < -0.4 is 5.73 Å². The first-order valence-corrected chi connectivity index (χ1v) is 4.02. The van der Waals surface area contributed by atoms with E-state index in [4.69, 9.17) is 5.73 Å². The highest BCUT2D eigenvalue weighted by Crippen LogP contribution is 2.21. The molecule has 1 unspecified atom stereocenters. The first kappa shape index (κ1) is 9.62. The Balaban J connectivity index is 2.80. The van der Waals surface area contributed by atoms with Gasteiger partial charge in [0.1, 0.15) is 5.82 Å². The van der Waals surface area contributed by atoms with Crippen LogP contribution in [0.4, 0.5) is 5.82 Å². The topological polar surface area (TPSA) is 64.1 Å². The van der Waals surface area contributed by atoms with Gasteiger partial charge in [0.05, 0.1) is 12.3 Å². The van der Waals surface area contributed by atoms with Gasteiger partial charge in [-0.25, -0.2) is 0 Å². The molecule has 13 heavy (non-hydrogen) atoms. The molecule has 1 atom stereocenters. The molecule has 0 fully saturated rings. The zero-order chi connectivity index (χ0) is 9.84. The molecule has 0 bridgehead atoms. The molecule has 0 aliphatic rings. The van der Waals surface area contributed by atoms with E-state index in [1.54, 1.807) is 20.2 Å². The van der Waals surface area contributed by atoms with Gasteiger partial charge in [-0.2, -0.15) is 5.10 Å². The van der Waals surface area contributed by atoms with Crippen LogP contribution in [0.25, 0.3) is 0 Å². The third kappa shape index (κ3) is 2.01. The summed E-state index contributed by atoms with van der Waals surface area (Å²) in [7, 11) is 1.73. The summed E-state index contributed by atoms with van der Waals surface area (Å²) in [6, 6.07) is 0. The molecule has 0 aliphatic carbocycles. The molecule has 0 radical (unpaired) electrons. The lowest BCUT2D eigenvalue weighted by Crippen LogP contribution is -2.03. The molecular formula is C9H13N3O. The number of nitrogens with zero attached hydrogens (tertiary/aromatic N) is 2. The summed E-state index contributed by atoms with van der Waals surface area (Å²) in [6.07, 6.45) is 1.32. The molecular weight excluding hydrogens is 166 g/mol. The molecule has 4 heteroatoms. The standard InChI is InChI=1S/C9H13N3O/c1-3-4-5-8(13)7-6-11-12(2)9(7)10/h6,8,13H,5,10H2,1-2H3. The third-order valence-electron chi connectivity index (χ3n) is 1.85. The molecule has 0 amide bonds. The molecule has 0 saturated carbocycles. The fraction of sp³-hybridized carbons (Fsp3) is 0.444. The Morgan fingerprint density at radius 3 is 2.92 bits per heavy atom. The second-order valence-corrected chi connectivity index (χ2v) is 2.76. The van der Waals surface area contributed by atoms with Crippen LogP contribution in [0.3, 0.4) is 0 Å². The highest BCUT2D eigenvalue weighted by atomic mass is 16.3. The molecule has 70 valence electrons. The van der Waals surface area contributed by atoms with E-state index in [9.17, 15) is 5.11 Å². The maximum absolute atomic E-state index is 9.61. The van der Waals surface area contributed by atoms with Crippen LogP contribution in [0.5, 0.6) is 0 Å². The largest absolute Gasteiger partial charge is 0.387 e. The normalized spacial score (nSPS) is 11.9. The van der Waals surface area contributed by atoms with Gasteiger partial charge in [-0.3, -0.25) is 4.68 Å². The fourth-order valence-electron chi connectivity index (χ4n) is 1.03. The second kappa shape index (κ2) is 3.97. The van der Waals surface area contributed by atoms with E-state index >= 15 is 0 Å². The number of aliphatic hydroxyl groups is 1. The van der Waals surface area contributed by atoms with Crippen molar-refractivity contribution in [1.82, 2.24) is 9.78 Å². The number of hydrogen-bond acceptors (Lipinski definition) is 3. The number of aromatic nitrogens is 2. The van der Waals surface area contributed by atoms with E-state index < -0.39 is 6.10 Å². The Bertz CT molecular complexity index is 345. The molecule has 3 N–H and O–H groups in total. The fourth-order valence-corrected chi connectivity index (χ4v) is 1.03. The van der Waals surface area contributed by atoms with Crippen molar-refractivity contribution in [3.05, 3.63) is 11.8 Å². The van der Waals surface area contributed by atoms with E-state index in [1.165, 1.54) is 4.68 Å². The highest BCUT2D eigenvalue weighted by molar-refractivity contribution is 5.40. The smallest absolute Gasteiger partial charge is 0.127 e. The van der Waals surface area contributed by atoms with Gasteiger partial charge in [0, 0.05) is 19.0 Å². The number of nitrogens with two attached hydrogens (primary N) is 1. The minimum Gasteiger partial charge on any atom is -0.387 e. The van der Waals surface area contributed by atoms with Gasteiger partial charge in [-0.15, -0.1) is 11.8 Å². The average molecular weight is 179 g/mol. The minimum atomic E-state index is -0.638. The van der Waals surface area contributed by atoms with Crippen molar-refractivity contribution in [2.75, 3.05) is 5.73 Å². The summed E-state index contributed by atoms with van der Waals surface area (Å²) >= 11 is 0. The van der Waals surface area contributed by atoms with Crippen LogP contribution in [0.2, 0.25) is 0 Å². The predicted molar refractivity (Wildman–Crippen MR) is 50.6 cm³/mol. The summed E-state index contributed by atoms with van der Waals surface area (Å²) in [4.78, 5) is 0. The summed E-state index contributed by atoms with van der Waals surface area (Å²) in [6.45, 7) is 1.74. The molecule has 1 aromatic heterocycles. The third-order valence-corrected chi connectivity index (χ3v) is 1.85. The number of nitrogen functional groups attached to an aromatic ring is 1. The van der Waals surface area contributed by atoms with Crippen LogP contribution in [0, 0.1) is 11.8 Å². The van der Waals surface area contributed by atoms with Crippen molar-refractivity contribution in [2.24, 2.45) is 7.05 Å². The van der Waals surface area contributed by atoms with Crippen LogP contribution >= 0.6 is 0 Å². The van der Waals surface area contributed by atoms with Gasteiger partial charge in [0.2, 0.25) is 0 Å². The maximum atomic E-state index is 9.61. The van der Waals surface area contributed by atoms with Crippen molar-refractivity contribution in [3.63, 3.8) is 0 Å². The number of anilines is 1. The van der Waals surface area contributed by atoms with Crippen molar-refractivity contribution in [2.45, 2.75) is 19.4 Å². The van der Waals surface area contributed by atoms with E-state index in [0.29, 0.717) is 17.8 Å². The van der Waals surface area contributed by atoms with Crippen molar-refractivity contribution < 1.29 is 5.11 Å². The molecule has 0 saturated heterocycles. The van der Waals surface area contributed by atoms with Crippen LogP contribution in [0.1, 0.15) is 25.0 Å². The molecule has 1 heterocycles. The number of aliphatic hydroxyl groups excluding tert-OH is 1. The van der Waals surface area contributed by atoms with Crippen LogP contribution in [0.15, 0.2) is 6.20 Å². The van der Waals surface area contributed by atoms with E-state index in [2.05, 4.69) is 16.9 Å². The molecule has 4 nitrogen and oxygen atoms in total. The summed E-state index contributed by atoms with van der Waals surface area (Å²) in [5.74, 6) is 6.00. The van der Waals surface area contributed by atoms with Gasteiger partial charge < -0.3 is 10.8 Å². The highest BCUT2D eigenvalue weighted by Gasteiger charge is 2.12. The first-order chi connectivity index (χ1) is 6.16. The Kier molecular flexibility index (Phi) is 2.93. The lowest BCUT2D eigenvalue weighted by molar-refractivity contribution is 0.184. The van der Waals surface area contributed by atoms with Crippen molar-refractivity contribution in [3.8, 4) is 11.8 Å². The predicted octanol–water partition coefficient (Wildman–Crippen LogP) is 0.449. The first-order valence-electron chi connectivity index (χ1n) is 4.02.